The van der Waals surface area contributed by atoms with Crippen molar-refractivity contribution in [3.8, 4) is 5.75 Å². The smallest absolute Gasteiger partial charge is 0.203 e. The molecule has 0 spiro atoms. The predicted octanol–water partition coefficient (Wildman–Crippen LogP) is 4.39. The van der Waals surface area contributed by atoms with Gasteiger partial charge < -0.3 is 13.9 Å². The fourth-order valence-corrected chi connectivity index (χ4v) is 3.59. The minimum Gasteiger partial charge on any atom is -0.494 e. The number of hydrogen-bond donors (Lipinski definition) is 1. The topological polar surface area (TPSA) is 60.0 Å². The van der Waals surface area contributed by atoms with Gasteiger partial charge in [-0.15, -0.1) is 0 Å². The second kappa shape index (κ2) is 8.78. The Morgan fingerprint density at radius 2 is 1.57 bits per heavy atom. The van der Waals surface area contributed by atoms with Gasteiger partial charge in [-0.3, -0.25) is 10.2 Å². The predicted molar refractivity (Wildman–Crippen MR) is 113 cm³/mol. The SMILES string of the molecule is N=c1n(CCCOc2ccc(F)cc2)c2ccccc2n1Cc1ccccc1C=O. The van der Waals surface area contributed by atoms with Crippen LogP contribution in [-0.4, -0.2) is 22.0 Å². The summed E-state index contributed by atoms with van der Waals surface area (Å²) in [6.45, 7) is 1.53. The molecule has 5 nitrogen and oxygen atoms in total. The van der Waals surface area contributed by atoms with Gasteiger partial charge in [-0.2, -0.15) is 0 Å². The third-order valence-electron chi connectivity index (χ3n) is 5.09. The van der Waals surface area contributed by atoms with Crippen molar-refractivity contribution in [2.75, 3.05) is 6.61 Å². The summed E-state index contributed by atoms with van der Waals surface area (Å²) in [5.41, 5.74) is 3.80. The van der Waals surface area contributed by atoms with Gasteiger partial charge in [-0.05, 0) is 48.4 Å². The highest BCUT2D eigenvalue weighted by Crippen LogP contribution is 2.17. The molecule has 152 valence electrons. The van der Waals surface area contributed by atoms with E-state index in [1.807, 2.05) is 51.6 Å². The van der Waals surface area contributed by atoms with E-state index in [4.69, 9.17) is 10.1 Å². The summed E-state index contributed by atoms with van der Waals surface area (Å²) in [7, 11) is 0. The van der Waals surface area contributed by atoms with Crippen molar-refractivity contribution in [1.82, 2.24) is 9.13 Å². The highest BCUT2D eigenvalue weighted by molar-refractivity contribution is 5.78. The van der Waals surface area contributed by atoms with Crippen LogP contribution in [0.4, 0.5) is 4.39 Å². The number of aryl methyl sites for hydroxylation is 1. The number of imidazole rings is 1. The van der Waals surface area contributed by atoms with Crippen molar-refractivity contribution in [3.63, 3.8) is 0 Å². The molecule has 1 N–H and O–H groups in total. The Bertz CT molecular complexity index is 1230. The van der Waals surface area contributed by atoms with Crippen LogP contribution in [0.15, 0.2) is 72.8 Å². The van der Waals surface area contributed by atoms with Crippen LogP contribution in [0, 0.1) is 11.2 Å². The van der Waals surface area contributed by atoms with Crippen molar-refractivity contribution in [1.29, 1.82) is 5.41 Å². The molecule has 0 amide bonds. The first-order valence-electron chi connectivity index (χ1n) is 9.81. The van der Waals surface area contributed by atoms with Gasteiger partial charge in [0.1, 0.15) is 17.9 Å². The molecule has 0 aliphatic carbocycles. The molecule has 4 rings (SSSR count). The van der Waals surface area contributed by atoms with E-state index >= 15 is 0 Å². The Hall–Kier alpha value is -3.67. The molecule has 6 heteroatoms. The second-order valence-corrected chi connectivity index (χ2v) is 7.02. The Balaban J connectivity index is 1.55. The summed E-state index contributed by atoms with van der Waals surface area (Å²) >= 11 is 0. The molecule has 0 unspecified atom stereocenters. The quantitative estimate of drug-likeness (QED) is 0.350. The van der Waals surface area contributed by atoms with Crippen LogP contribution < -0.4 is 10.4 Å². The fourth-order valence-electron chi connectivity index (χ4n) is 3.59. The molecule has 4 aromatic rings. The number of aromatic nitrogens is 2. The maximum Gasteiger partial charge on any atom is 0.203 e. The first-order valence-corrected chi connectivity index (χ1v) is 9.81. The molecule has 0 saturated carbocycles. The van der Waals surface area contributed by atoms with Crippen LogP contribution >= 0.6 is 0 Å². The van der Waals surface area contributed by atoms with Gasteiger partial charge in [0.25, 0.3) is 0 Å². The van der Waals surface area contributed by atoms with Crippen LogP contribution in [0.2, 0.25) is 0 Å². The van der Waals surface area contributed by atoms with E-state index in [9.17, 15) is 9.18 Å². The summed E-state index contributed by atoms with van der Waals surface area (Å²) in [4.78, 5) is 11.4. The fraction of sp³-hybridized carbons (Fsp3) is 0.167. The molecule has 0 radical (unpaired) electrons. The third-order valence-corrected chi connectivity index (χ3v) is 5.09. The van der Waals surface area contributed by atoms with E-state index in [0.29, 0.717) is 43.0 Å². The summed E-state index contributed by atoms with van der Waals surface area (Å²) in [6.07, 6.45) is 1.55. The lowest BCUT2D eigenvalue weighted by Gasteiger charge is -2.08. The van der Waals surface area contributed by atoms with Crippen molar-refractivity contribution in [3.05, 3.63) is 95.4 Å². The molecule has 0 fully saturated rings. The number of para-hydroxylation sites is 2. The van der Waals surface area contributed by atoms with E-state index in [1.165, 1.54) is 12.1 Å². The molecule has 30 heavy (non-hydrogen) atoms. The molecule has 0 aliphatic rings. The van der Waals surface area contributed by atoms with Crippen molar-refractivity contribution in [2.24, 2.45) is 0 Å². The largest absolute Gasteiger partial charge is 0.494 e. The number of carbonyl (C=O) groups is 1. The molecular weight excluding hydrogens is 381 g/mol. The van der Waals surface area contributed by atoms with Crippen LogP contribution in [0.5, 0.6) is 5.75 Å². The van der Waals surface area contributed by atoms with E-state index < -0.39 is 0 Å². The van der Waals surface area contributed by atoms with Gasteiger partial charge >= 0.3 is 0 Å². The molecule has 1 aromatic heterocycles. The summed E-state index contributed by atoms with van der Waals surface area (Å²) in [5.74, 6) is 0.334. The number of halogens is 1. The lowest BCUT2D eigenvalue weighted by molar-refractivity contribution is 0.112. The van der Waals surface area contributed by atoms with Crippen LogP contribution in [0.25, 0.3) is 11.0 Å². The van der Waals surface area contributed by atoms with Gasteiger partial charge in [0.2, 0.25) is 5.62 Å². The summed E-state index contributed by atoms with van der Waals surface area (Å²) in [5, 5.41) is 8.73. The normalized spacial score (nSPS) is 11.0. The number of aldehydes is 1. The molecule has 0 aliphatic heterocycles. The van der Waals surface area contributed by atoms with Gasteiger partial charge in [0.15, 0.2) is 0 Å². The van der Waals surface area contributed by atoms with E-state index in [1.54, 1.807) is 18.2 Å². The standard InChI is InChI=1S/C24H22FN3O2/c25-20-10-12-21(13-11-20)30-15-5-14-27-22-8-3-4-9-23(22)28(24(27)26)16-18-6-1-2-7-19(18)17-29/h1-4,6-13,17,26H,5,14-16H2. The monoisotopic (exact) mass is 403 g/mol. The van der Waals surface area contributed by atoms with E-state index in [2.05, 4.69) is 0 Å². The van der Waals surface area contributed by atoms with Gasteiger partial charge in [0, 0.05) is 12.1 Å². The van der Waals surface area contributed by atoms with Gasteiger partial charge in [0.05, 0.1) is 24.2 Å². The highest BCUT2D eigenvalue weighted by atomic mass is 19.1. The van der Waals surface area contributed by atoms with Crippen molar-refractivity contribution >= 4 is 17.3 Å². The third kappa shape index (κ3) is 4.03. The van der Waals surface area contributed by atoms with Crippen molar-refractivity contribution < 1.29 is 13.9 Å². The molecule has 0 atom stereocenters. The number of hydrogen-bond acceptors (Lipinski definition) is 3. The van der Waals surface area contributed by atoms with Gasteiger partial charge in [-0.1, -0.05) is 36.4 Å². The first-order chi connectivity index (χ1) is 14.7. The Morgan fingerprint density at radius 3 is 2.30 bits per heavy atom. The Morgan fingerprint density at radius 1 is 0.900 bits per heavy atom. The average Bonchev–Trinajstić information content (AvgIpc) is 3.04. The maximum absolute atomic E-state index is 13.0. The summed E-state index contributed by atoms with van der Waals surface area (Å²) in [6, 6.07) is 21.3. The lowest BCUT2D eigenvalue weighted by Crippen LogP contribution is -2.26. The second-order valence-electron chi connectivity index (χ2n) is 7.02. The zero-order chi connectivity index (χ0) is 20.9. The zero-order valence-electron chi connectivity index (χ0n) is 16.4. The number of benzene rings is 3. The van der Waals surface area contributed by atoms with E-state index in [0.717, 1.165) is 22.9 Å². The highest BCUT2D eigenvalue weighted by Gasteiger charge is 2.12. The van der Waals surface area contributed by atoms with Crippen molar-refractivity contribution in [2.45, 2.75) is 19.5 Å². The number of ether oxygens (including phenoxy) is 1. The maximum atomic E-state index is 13.0. The number of carbonyl (C=O) groups excluding carboxylic acids is 1. The number of nitrogens with zero attached hydrogens (tertiary/aromatic N) is 2. The molecule has 3 aromatic carbocycles. The van der Waals surface area contributed by atoms with Gasteiger partial charge in [-0.25, -0.2) is 4.39 Å². The molecule has 1 heterocycles. The minimum absolute atomic E-state index is 0.291. The lowest BCUT2D eigenvalue weighted by atomic mass is 10.1. The molecule has 0 saturated heterocycles. The van der Waals surface area contributed by atoms with Crippen LogP contribution in [-0.2, 0) is 13.1 Å². The molecule has 0 bridgehead atoms. The zero-order valence-corrected chi connectivity index (χ0v) is 16.4. The Labute approximate surface area is 173 Å². The minimum atomic E-state index is -0.291. The van der Waals surface area contributed by atoms with Crippen LogP contribution in [0.1, 0.15) is 22.3 Å². The average molecular weight is 403 g/mol. The summed E-state index contributed by atoms with van der Waals surface area (Å²) < 4.78 is 22.5. The number of fused-ring (bicyclic) bond motifs is 1. The van der Waals surface area contributed by atoms with Crippen LogP contribution in [0.3, 0.4) is 0 Å². The number of nitrogens with one attached hydrogen (secondary N) is 1. The number of rotatable bonds is 8. The van der Waals surface area contributed by atoms with E-state index in [-0.39, 0.29) is 5.82 Å². The Kier molecular flexibility index (Phi) is 5.75. The first kappa shape index (κ1) is 19.6. The molecular formula is C24H22FN3O2.